The van der Waals surface area contributed by atoms with E-state index in [1.54, 1.807) is 29.2 Å². The van der Waals surface area contributed by atoms with E-state index in [9.17, 15) is 9.59 Å². The molecule has 5 rings (SSSR count). The maximum Gasteiger partial charge on any atom is 0.293 e. The Morgan fingerprint density at radius 1 is 0.947 bits per heavy atom. The maximum absolute atomic E-state index is 13.2. The summed E-state index contributed by atoms with van der Waals surface area (Å²) in [6, 6.07) is 26.0. The summed E-state index contributed by atoms with van der Waals surface area (Å²) < 4.78 is 5.36. The number of hydrogen-bond acceptors (Lipinski definition) is 5. The lowest BCUT2D eigenvalue weighted by atomic mass is 10.00. The van der Waals surface area contributed by atoms with Crippen molar-refractivity contribution in [1.29, 1.82) is 0 Å². The van der Waals surface area contributed by atoms with Crippen LogP contribution in [-0.4, -0.2) is 43.9 Å². The summed E-state index contributed by atoms with van der Waals surface area (Å²) in [6.07, 6.45) is 1.49. The number of carbonyl (C=O) groups is 2. The Labute approximate surface area is 226 Å². The van der Waals surface area contributed by atoms with E-state index in [0.29, 0.717) is 35.1 Å². The molecule has 0 radical (unpaired) electrons. The summed E-state index contributed by atoms with van der Waals surface area (Å²) in [5.74, 6) is -0.125. The Bertz CT molecular complexity index is 1480. The van der Waals surface area contributed by atoms with Gasteiger partial charge in [-0.3, -0.25) is 9.59 Å². The van der Waals surface area contributed by atoms with Gasteiger partial charge in [-0.25, -0.2) is 0 Å². The van der Waals surface area contributed by atoms with Crippen molar-refractivity contribution in [2.75, 3.05) is 42.7 Å². The smallest absolute Gasteiger partial charge is 0.293 e. The molecule has 2 heterocycles. The van der Waals surface area contributed by atoms with Gasteiger partial charge in [0.2, 0.25) is 0 Å². The van der Waals surface area contributed by atoms with Crippen LogP contribution in [0.5, 0.6) is 0 Å². The van der Waals surface area contributed by atoms with Gasteiger partial charge in [0.05, 0.1) is 23.2 Å². The fourth-order valence-electron chi connectivity index (χ4n) is 4.33. The summed E-state index contributed by atoms with van der Waals surface area (Å²) in [7, 11) is 3.93. The van der Waals surface area contributed by atoms with E-state index < -0.39 is 0 Å². The minimum atomic E-state index is -0.206. The standard InChI is InChI=1S/C30H27ClN4O3/c1-34(2)16-17-35(30(37)26-9-6-18-38-26)23-13-11-22(12-14-23)32-28(20-7-4-3-5-8-20)27-24-15-10-21(31)19-25(24)33-29(27)36/h3-15,18-19,32H,16-17H2,1-2H3,(H,33,36)/b28-27-. The number of nitrogens with one attached hydrogen (secondary N) is 2. The highest BCUT2D eigenvalue weighted by atomic mass is 35.5. The number of amides is 2. The van der Waals surface area contributed by atoms with Crippen molar-refractivity contribution in [3.05, 3.63) is 113 Å². The zero-order valence-electron chi connectivity index (χ0n) is 21.1. The number of furan rings is 1. The number of halogens is 1. The summed E-state index contributed by atoms with van der Waals surface area (Å²) in [5.41, 5.74) is 5.04. The minimum absolute atomic E-state index is 0.204. The molecule has 1 aliphatic rings. The molecule has 192 valence electrons. The zero-order valence-corrected chi connectivity index (χ0v) is 21.8. The quantitative estimate of drug-likeness (QED) is 0.272. The molecular formula is C30H27ClN4O3. The maximum atomic E-state index is 13.2. The summed E-state index contributed by atoms with van der Waals surface area (Å²) in [5, 5.41) is 6.92. The minimum Gasteiger partial charge on any atom is -0.459 e. The molecule has 7 nitrogen and oxygen atoms in total. The van der Waals surface area contributed by atoms with Crippen LogP contribution >= 0.6 is 11.6 Å². The lowest BCUT2D eigenvalue weighted by Crippen LogP contribution is -2.36. The SMILES string of the molecule is CN(C)CCN(C(=O)c1ccco1)c1ccc(N/C(=C2\C(=O)Nc3cc(Cl)ccc32)c2ccccc2)cc1. The third-order valence-electron chi connectivity index (χ3n) is 6.23. The number of nitrogens with zero attached hydrogens (tertiary/aromatic N) is 2. The molecule has 0 fully saturated rings. The first-order chi connectivity index (χ1) is 18.4. The predicted molar refractivity (Wildman–Crippen MR) is 152 cm³/mol. The van der Waals surface area contributed by atoms with Crippen LogP contribution in [0.25, 0.3) is 11.3 Å². The largest absolute Gasteiger partial charge is 0.459 e. The van der Waals surface area contributed by atoms with Gasteiger partial charge in [0.25, 0.3) is 11.8 Å². The Hall–Kier alpha value is -4.33. The fraction of sp³-hybridized carbons (Fsp3) is 0.133. The summed E-state index contributed by atoms with van der Waals surface area (Å²) in [6.45, 7) is 1.19. The van der Waals surface area contributed by atoms with Crippen LogP contribution in [0.1, 0.15) is 21.7 Å². The topological polar surface area (TPSA) is 77.8 Å². The predicted octanol–water partition coefficient (Wildman–Crippen LogP) is 6.07. The molecule has 0 spiro atoms. The Morgan fingerprint density at radius 3 is 2.39 bits per heavy atom. The van der Waals surface area contributed by atoms with Gasteiger partial charge in [0, 0.05) is 35.1 Å². The third-order valence-corrected chi connectivity index (χ3v) is 6.47. The van der Waals surface area contributed by atoms with E-state index in [2.05, 4.69) is 10.6 Å². The highest BCUT2D eigenvalue weighted by Crippen LogP contribution is 2.39. The average Bonchev–Trinajstić information content (AvgIpc) is 3.56. The first-order valence-corrected chi connectivity index (χ1v) is 12.6. The van der Waals surface area contributed by atoms with E-state index in [0.717, 1.165) is 22.5 Å². The van der Waals surface area contributed by atoms with Crippen molar-refractivity contribution in [2.24, 2.45) is 0 Å². The van der Waals surface area contributed by atoms with E-state index in [1.165, 1.54) is 6.26 Å². The number of fused-ring (bicyclic) bond motifs is 1. The van der Waals surface area contributed by atoms with Crippen molar-refractivity contribution in [3.63, 3.8) is 0 Å². The monoisotopic (exact) mass is 526 g/mol. The van der Waals surface area contributed by atoms with Gasteiger partial charge in [-0.05, 0) is 68.2 Å². The summed E-state index contributed by atoms with van der Waals surface area (Å²) in [4.78, 5) is 30.0. The number of benzene rings is 3. The molecule has 3 aromatic carbocycles. The van der Waals surface area contributed by atoms with Gasteiger partial charge in [-0.2, -0.15) is 0 Å². The molecule has 2 amide bonds. The molecule has 0 atom stereocenters. The second-order valence-corrected chi connectivity index (χ2v) is 9.61. The molecular weight excluding hydrogens is 500 g/mol. The molecule has 1 aromatic heterocycles. The molecule has 0 aliphatic carbocycles. The average molecular weight is 527 g/mol. The van der Waals surface area contributed by atoms with Gasteiger partial charge in [0.1, 0.15) is 0 Å². The number of rotatable bonds is 8. The first kappa shape index (κ1) is 25.3. The van der Waals surface area contributed by atoms with Gasteiger partial charge in [-0.1, -0.05) is 48.0 Å². The lowest BCUT2D eigenvalue weighted by Gasteiger charge is -2.24. The molecule has 8 heteroatoms. The summed E-state index contributed by atoms with van der Waals surface area (Å²) >= 11 is 6.16. The van der Waals surface area contributed by atoms with E-state index in [4.69, 9.17) is 16.0 Å². The van der Waals surface area contributed by atoms with Crippen LogP contribution in [0.4, 0.5) is 17.1 Å². The Balaban J connectivity index is 1.49. The van der Waals surface area contributed by atoms with Gasteiger partial charge in [0.15, 0.2) is 5.76 Å². The highest BCUT2D eigenvalue weighted by Gasteiger charge is 2.28. The number of likely N-dealkylation sites (N-methyl/N-ethyl adjacent to an activating group) is 1. The van der Waals surface area contributed by atoms with Crippen LogP contribution in [0.2, 0.25) is 5.02 Å². The van der Waals surface area contributed by atoms with Crippen molar-refractivity contribution >= 4 is 51.7 Å². The highest BCUT2D eigenvalue weighted by molar-refractivity contribution is 6.38. The van der Waals surface area contributed by atoms with Gasteiger partial charge >= 0.3 is 0 Å². The van der Waals surface area contributed by atoms with E-state index in [1.807, 2.05) is 79.7 Å². The molecule has 0 saturated heterocycles. The zero-order chi connectivity index (χ0) is 26.6. The molecule has 2 N–H and O–H groups in total. The fourth-order valence-corrected chi connectivity index (χ4v) is 4.50. The van der Waals surface area contributed by atoms with Crippen LogP contribution < -0.4 is 15.5 Å². The molecule has 4 aromatic rings. The second-order valence-electron chi connectivity index (χ2n) is 9.17. The molecule has 1 aliphatic heterocycles. The normalized spacial score (nSPS) is 13.7. The van der Waals surface area contributed by atoms with Crippen molar-refractivity contribution in [1.82, 2.24) is 4.90 Å². The third kappa shape index (κ3) is 5.34. The van der Waals surface area contributed by atoms with Crippen LogP contribution in [0.15, 0.2) is 95.6 Å². The molecule has 0 saturated carbocycles. The van der Waals surface area contributed by atoms with Crippen molar-refractivity contribution < 1.29 is 14.0 Å². The Kier molecular flexibility index (Phi) is 7.31. The first-order valence-electron chi connectivity index (χ1n) is 12.2. The van der Waals surface area contributed by atoms with E-state index in [-0.39, 0.29) is 17.6 Å². The molecule has 38 heavy (non-hydrogen) atoms. The second kappa shape index (κ2) is 11.0. The number of hydrogen-bond donors (Lipinski definition) is 2. The van der Waals surface area contributed by atoms with Crippen LogP contribution in [0, 0.1) is 0 Å². The Morgan fingerprint density at radius 2 is 1.71 bits per heavy atom. The number of anilines is 3. The van der Waals surface area contributed by atoms with Crippen molar-refractivity contribution in [2.45, 2.75) is 0 Å². The molecule has 0 unspecified atom stereocenters. The van der Waals surface area contributed by atoms with Crippen LogP contribution in [-0.2, 0) is 4.79 Å². The van der Waals surface area contributed by atoms with Crippen molar-refractivity contribution in [3.8, 4) is 0 Å². The van der Waals surface area contributed by atoms with Gasteiger partial charge in [-0.15, -0.1) is 0 Å². The number of carbonyl (C=O) groups excluding carboxylic acids is 2. The van der Waals surface area contributed by atoms with E-state index >= 15 is 0 Å². The molecule has 0 bridgehead atoms. The lowest BCUT2D eigenvalue weighted by molar-refractivity contribution is -0.110. The van der Waals surface area contributed by atoms with Crippen LogP contribution in [0.3, 0.4) is 0 Å². The van der Waals surface area contributed by atoms with Gasteiger partial charge < -0.3 is 24.9 Å².